The van der Waals surface area contributed by atoms with E-state index in [1.54, 1.807) is 0 Å². The fraction of sp³-hybridized carbons (Fsp3) is 0.481. The number of ether oxygens (including phenoxy) is 1. The third kappa shape index (κ3) is 5.51. The Balaban J connectivity index is 1.38. The van der Waals surface area contributed by atoms with Gasteiger partial charge in [0.25, 0.3) is 0 Å². The minimum atomic E-state index is -4.74. The monoisotopic (exact) mass is 582 g/mol. The van der Waals surface area contributed by atoms with Gasteiger partial charge in [0.05, 0.1) is 6.54 Å². The Labute approximate surface area is 231 Å². The van der Waals surface area contributed by atoms with Crippen molar-refractivity contribution in [2.45, 2.75) is 50.0 Å². The average Bonchev–Trinajstić information content (AvgIpc) is 3.60. The highest BCUT2D eigenvalue weighted by Gasteiger charge is 2.58. The number of nitrogens with one attached hydrogen (secondary N) is 2. The first kappa shape index (κ1) is 28.6. The van der Waals surface area contributed by atoms with E-state index in [1.165, 1.54) is 19.2 Å². The molecule has 1 spiro atoms. The number of nitrogens with zero attached hydrogens (tertiary/aromatic N) is 2. The lowest BCUT2D eigenvalue weighted by Gasteiger charge is -2.34. The molecule has 1 aromatic rings. The second-order valence-corrected chi connectivity index (χ2v) is 10.7. The number of benzene rings is 1. The summed E-state index contributed by atoms with van der Waals surface area (Å²) in [4.78, 5) is 52.5. The molecule has 1 aromatic carbocycles. The lowest BCUT2D eigenvalue weighted by atomic mass is 9.85. The number of fused-ring (bicyclic) bond motifs is 2. The first-order valence-electron chi connectivity index (χ1n) is 13.1. The van der Waals surface area contributed by atoms with Gasteiger partial charge in [-0.3, -0.25) is 14.5 Å². The van der Waals surface area contributed by atoms with E-state index in [1.807, 2.05) is 0 Å². The fourth-order valence-electron chi connectivity index (χ4n) is 5.83. The van der Waals surface area contributed by atoms with Gasteiger partial charge in [-0.25, -0.2) is 18.4 Å². The smallest absolute Gasteiger partial charge is 0.411 e. The van der Waals surface area contributed by atoms with Crippen LogP contribution in [-0.2, 0) is 20.9 Å². The number of hydrogen-bond donors (Lipinski definition) is 2. The number of carbonyl (C=O) groups excluding carboxylic acids is 4. The van der Waals surface area contributed by atoms with Crippen molar-refractivity contribution in [3.05, 3.63) is 58.8 Å². The van der Waals surface area contributed by atoms with Crippen molar-refractivity contribution < 1.29 is 45.9 Å². The highest BCUT2D eigenvalue weighted by Crippen LogP contribution is 2.50. The molecule has 0 bridgehead atoms. The van der Waals surface area contributed by atoms with Crippen LogP contribution in [0.15, 0.2) is 47.4 Å². The maximum atomic E-state index is 14.9. The van der Waals surface area contributed by atoms with Crippen LogP contribution in [0.3, 0.4) is 0 Å². The molecule has 0 radical (unpaired) electrons. The number of ketones is 1. The molecular formula is C27H27F5N4O5. The molecule has 220 valence electrons. The Morgan fingerprint density at radius 2 is 1.83 bits per heavy atom. The van der Waals surface area contributed by atoms with Gasteiger partial charge in [-0.15, -0.1) is 0 Å². The van der Waals surface area contributed by atoms with Crippen molar-refractivity contribution in [3.63, 3.8) is 0 Å². The molecule has 1 heterocycles. The minimum Gasteiger partial charge on any atom is -0.436 e. The van der Waals surface area contributed by atoms with Crippen molar-refractivity contribution in [3.8, 4) is 0 Å². The molecule has 3 fully saturated rings. The van der Waals surface area contributed by atoms with Crippen LogP contribution in [0, 0.1) is 17.7 Å². The number of hydrogen-bond acceptors (Lipinski definition) is 5. The summed E-state index contributed by atoms with van der Waals surface area (Å²) in [5.41, 5.74) is -1.53. The summed E-state index contributed by atoms with van der Waals surface area (Å²) in [5, 5.41) is 4.38. The molecule has 41 heavy (non-hydrogen) atoms. The van der Waals surface area contributed by atoms with Gasteiger partial charge < -0.3 is 20.3 Å². The summed E-state index contributed by atoms with van der Waals surface area (Å²) in [5.74, 6) is -4.97. The first-order valence-corrected chi connectivity index (χ1v) is 13.1. The average molecular weight is 583 g/mol. The standard InChI is InChI=1S/C27H27F5N4O5/c1-33-24(39)34-21-19(29)10-18-17(22(21)38)8-9-26(18)13-35(25(40)41-26)12-20(37)36(11-14-2-6-16(28)7-3-14)23(15-4-5-15)27(30,31)32/h2-3,6-7,10,15,17,23H,4-5,8-9,11-13H2,1H3,(H2,33,34,39). The number of Topliss-reactive ketones (excluding diaryl/α,β-unsaturated/α-hetero) is 1. The van der Waals surface area contributed by atoms with Gasteiger partial charge in [0.2, 0.25) is 5.91 Å². The van der Waals surface area contributed by atoms with Crippen molar-refractivity contribution in [2.75, 3.05) is 20.1 Å². The van der Waals surface area contributed by atoms with Gasteiger partial charge in [-0.2, -0.15) is 13.2 Å². The molecule has 2 saturated carbocycles. The molecule has 1 aliphatic heterocycles. The van der Waals surface area contributed by atoms with Crippen molar-refractivity contribution in [2.24, 2.45) is 11.8 Å². The molecule has 14 heteroatoms. The summed E-state index contributed by atoms with van der Waals surface area (Å²) in [6.45, 7) is -1.47. The number of alkyl halides is 3. The van der Waals surface area contributed by atoms with Crippen molar-refractivity contribution in [1.29, 1.82) is 0 Å². The molecule has 3 aliphatic carbocycles. The predicted octanol–water partition coefficient (Wildman–Crippen LogP) is 3.72. The van der Waals surface area contributed by atoms with Crippen LogP contribution in [0.5, 0.6) is 0 Å². The second-order valence-electron chi connectivity index (χ2n) is 10.7. The SMILES string of the molecule is CNC(=O)NC1=C(F)C=C2C(CCC23CN(CC(=O)N(Cc2ccc(F)cc2)C(C2CC2)C(F)(F)F)C(=O)O3)C1=O. The molecule has 3 unspecified atom stereocenters. The summed E-state index contributed by atoms with van der Waals surface area (Å²) >= 11 is 0. The number of halogens is 5. The molecule has 9 nitrogen and oxygen atoms in total. The number of amides is 4. The second kappa shape index (κ2) is 10.5. The number of urea groups is 1. The Hall–Kier alpha value is -3.97. The highest BCUT2D eigenvalue weighted by atomic mass is 19.4. The minimum absolute atomic E-state index is 0.110. The molecule has 4 aliphatic rings. The molecule has 2 N–H and O–H groups in total. The van der Waals surface area contributed by atoms with Gasteiger partial charge in [0, 0.05) is 19.5 Å². The number of carbonyl (C=O) groups is 4. The lowest BCUT2D eigenvalue weighted by molar-refractivity contribution is -0.196. The first-order chi connectivity index (χ1) is 19.3. The predicted molar refractivity (Wildman–Crippen MR) is 132 cm³/mol. The number of rotatable bonds is 7. The molecule has 4 amide bonds. The normalized spacial score (nSPS) is 24.7. The van der Waals surface area contributed by atoms with Crippen LogP contribution in [0.4, 0.5) is 31.5 Å². The van der Waals surface area contributed by atoms with E-state index in [2.05, 4.69) is 10.6 Å². The Morgan fingerprint density at radius 1 is 1.15 bits per heavy atom. The zero-order valence-corrected chi connectivity index (χ0v) is 21.9. The van der Waals surface area contributed by atoms with E-state index in [0.29, 0.717) is 4.90 Å². The van der Waals surface area contributed by atoms with Crippen LogP contribution in [-0.4, -0.2) is 71.6 Å². The van der Waals surface area contributed by atoms with E-state index in [-0.39, 0.29) is 43.4 Å². The largest absolute Gasteiger partial charge is 0.436 e. The number of allylic oxidation sites excluding steroid dienone is 3. The van der Waals surface area contributed by atoms with Gasteiger partial charge >= 0.3 is 18.3 Å². The van der Waals surface area contributed by atoms with E-state index >= 15 is 0 Å². The highest BCUT2D eigenvalue weighted by molar-refractivity contribution is 6.04. The Bertz CT molecular complexity index is 1340. The van der Waals surface area contributed by atoms with Crippen molar-refractivity contribution in [1.82, 2.24) is 20.4 Å². The van der Waals surface area contributed by atoms with E-state index in [9.17, 15) is 41.1 Å². The summed E-state index contributed by atoms with van der Waals surface area (Å²) in [7, 11) is 1.29. The van der Waals surface area contributed by atoms with E-state index in [0.717, 1.165) is 23.1 Å². The molecule has 1 saturated heterocycles. The third-order valence-electron chi connectivity index (χ3n) is 7.93. The zero-order valence-electron chi connectivity index (χ0n) is 21.9. The van der Waals surface area contributed by atoms with E-state index < -0.39 is 83.9 Å². The maximum Gasteiger partial charge on any atom is 0.411 e. The van der Waals surface area contributed by atoms with Gasteiger partial charge in [0.1, 0.15) is 24.1 Å². The van der Waals surface area contributed by atoms with Crippen LogP contribution >= 0.6 is 0 Å². The van der Waals surface area contributed by atoms with Gasteiger partial charge in [0.15, 0.2) is 17.2 Å². The maximum absolute atomic E-state index is 14.9. The van der Waals surface area contributed by atoms with Crippen molar-refractivity contribution >= 4 is 23.8 Å². The van der Waals surface area contributed by atoms with Crippen LogP contribution < -0.4 is 10.6 Å². The van der Waals surface area contributed by atoms with Crippen LogP contribution in [0.2, 0.25) is 0 Å². The summed E-state index contributed by atoms with van der Waals surface area (Å²) in [6.07, 6.45) is -3.85. The van der Waals surface area contributed by atoms with Gasteiger partial charge in [-0.1, -0.05) is 12.1 Å². The van der Waals surface area contributed by atoms with Crippen LogP contribution in [0.25, 0.3) is 0 Å². The summed E-state index contributed by atoms with van der Waals surface area (Å²) < 4.78 is 76.3. The lowest BCUT2D eigenvalue weighted by Crippen LogP contribution is -2.52. The molecular weight excluding hydrogens is 555 g/mol. The topological polar surface area (TPSA) is 108 Å². The van der Waals surface area contributed by atoms with Gasteiger partial charge in [-0.05, 0) is 60.9 Å². The summed E-state index contributed by atoms with van der Waals surface area (Å²) in [6, 6.07) is 1.85. The molecule has 5 rings (SSSR count). The van der Waals surface area contributed by atoms with Crippen LogP contribution in [0.1, 0.15) is 31.2 Å². The Kier molecular flexibility index (Phi) is 7.28. The molecule has 0 aromatic heterocycles. The Morgan fingerprint density at radius 3 is 2.44 bits per heavy atom. The third-order valence-corrected chi connectivity index (χ3v) is 7.93. The molecule has 3 atom stereocenters. The fourth-order valence-corrected chi connectivity index (χ4v) is 5.83. The zero-order chi connectivity index (χ0) is 29.7. The quantitative estimate of drug-likeness (QED) is 0.477. The van der Waals surface area contributed by atoms with E-state index in [4.69, 9.17) is 4.74 Å².